The maximum Gasteiger partial charge on any atom is 0.257 e. The largest absolute Gasteiger partial charge is 0.353 e. The molecule has 29 heavy (non-hydrogen) atoms. The molecule has 2 aliphatic rings. The first-order valence-electron chi connectivity index (χ1n) is 10.4. The van der Waals surface area contributed by atoms with E-state index in [9.17, 15) is 4.79 Å². The highest BCUT2D eigenvalue weighted by Crippen LogP contribution is 2.29. The molecule has 0 saturated carbocycles. The first-order valence-corrected chi connectivity index (χ1v) is 11.2. The minimum absolute atomic E-state index is 0.138. The van der Waals surface area contributed by atoms with Gasteiger partial charge in [-0.25, -0.2) is 0 Å². The summed E-state index contributed by atoms with van der Waals surface area (Å²) in [6.45, 7) is 9.32. The molecule has 152 valence electrons. The molecule has 0 unspecified atom stereocenters. The third kappa shape index (κ3) is 3.51. The summed E-state index contributed by atoms with van der Waals surface area (Å²) in [5.41, 5.74) is 1.75. The molecule has 3 aromatic rings. The molecule has 0 bridgehead atoms. The zero-order valence-corrected chi connectivity index (χ0v) is 17.6. The second-order valence-electron chi connectivity index (χ2n) is 7.72. The van der Waals surface area contributed by atoms with Crippen molar-refractivity contribution in [2.24, 2.45) is 0 Å². The van der Waals surface area contributed by atoms with Crippen LogP contribution in [0.3, 0.4) is 0 Å². The van der Waals surface area contributed by atoms with Gasteiger partial charge in [-0.15, -0.1) is 0 Å². The minimum atomic E-state index is 0.138. The van der Waals surface area contributed by atoms with E-state index in [1.807, 2.05) is 15.8 Å². The van der Waals surface area contributed by atoms with E-state index < -0.39 is 0 Å². The van der Waals surface area contributed by atoms with Crippen LogP contribution in [0.2, 0.25) is 0 Å². The number of carbonyl (C=O) groups excluding carboxylic acids is 1. The lowest BCUT2D eigenvalue weighted by atomic mass is 10.1. The summed E-state index contributed by atoms with van der Waals surface area (Å²) in [7, 11) is 0. The van der Waals surface area contributed by atoms with Gasteiger partial charge in [0, 0.05) is 70.4 Å². The van der Waals surface area contributed by atoms with Crippen LogP contribution in [0, 0.1) is 0 Å². The molecule has 7 nitrogen and oxygen atoms in total. The van der Waals surface area contributed by atoms with E-state index in [-0.39, 0.29) is 5.91 Å². The summed E-state index contributed by atoms with van der Waals surface area (Å²) in [5, 5.41) is 5.76. The Hall–Kier alpha value is -2.45. The Kier molecular flexibility index (Phi) is 4.97. The van der Waals surface area contributed by atoms with Crippen molar-refractivity contribution in [3.05, 3.63) is 41.7 Å². The van der Waals surface area contributed by atoms with E-state index >= 15 is 0 Å². The predicted octanol–water partition coefficient (Wildman–Crippen LogP) is 2.33. The van der Waals surface area contributed by atoms with Gasteiger partial charge in [0.15, 0.2) is 0 Å². The summed E-state index contributed by atoms with van der Waals surface area (Å²) in [6.07, 6.45) is 2.76. The first kappa shape index (κ1) is 18.6. The van der Waals surface area contributed by atoms with Crippen LogP contribution in [-0.2, 0) is 13.0 Å². The number of fused-ring (bicyclic) bond motifs is 2. The zero-order valence-electron chi connectivity index (χ0n) is 16.8. The molecule has 5 rings (SSSR count). The van der Waals surface area contributed by atoms with Crippen molar-refractivity contribution in [3.8, 4) is 0 Å². The van der Waals surface area contributed by atoms with Gasteiger partial charge in [0.25, 0.3) is 5.91 Å². The lowest BCUT2D eigenvalue weighted by molar-refractivity contribution is 0.0716. The van der Waals surface area contributed by atoms with Crippen LogP contribution >= 0.6 is 11.5 Å². The molecule has 4 heterocycles. The molecule has 0 radical (unpaired) electrons. The Balaban J connectivity index is 1.16. The van der Waals surface area contributed by atoms with Crippen LogP contribution < -0.4 is 4.90 Å². The number of carbonyl (C=O) groups is 1. The lowest BCUT2D eigenvalue weighted by Crippen LogP contribution is -2.49. The van der Waals surface area contributed by atoms with E-state index in [0.29, 0.717) is 0 Å². The highest BCUT2D eigenvalue weighted by atomic mass is 32.1. The number of nitrogens with zero attached hydrogens (tertiary/aromatic N) is 6. The minimum Gasteiger partial charge on any atom is -0.353 e. The quantitative estimate of drug-likeness (QED) is 0.646. The Labute approximate surface area is 174 Å². The number of piperazine rings is 1. The lowest BCUT2D eigenvalue weighted by Gasteiger charge is -2.36. The zero-order chi connectivity index (χ0) is 19.8. The molecule has 0 atom stereocenters. The van der Waals surface area contributed by atoms with E-state index in [4.69, 9.17) is 4.37 Å². The molecule has 2 aliphatic heterocycles. The van der Waals surface area contributed by atoms with Gasteiger partial charge in [-0.1, -0.05) is 12.1 Å². The topological polar surface area (TPSA) is 57.5 Å². The van der Waals surface area contributed by atoms with Gasteiger partial charge in [0.1, 0.15) is 5.82 Å². The van der Waals surface area contributed by atoms with Crippen molar-refractivity contribution in [1.82, 2.24) is 24.0 Å². The predicted molar refractivity (Wildman–Crippen MR) is 116 cm³/mol. The molecular weight excluding hydrogens is 384 g/mol. The van der Waals surface area contributed by atoms with Crippen LogP contribution in [0.4, 0.5) is 5.82 Å². The Morgan fingerprint density at radius 1 is 1.07 bits per heavy atom. The van der Waals surface area contributed by atoms with Gasteiger partial charge in [-0.3, -0.25) is 14.4 Å². The fourth-order valence-corrected chi connectivity index (χ4v) is 5.05. The van der Waals surface area contributed by atoms with Crippen LogP contribution in [0.5, 0.6) is 0 Å². The van der Waals surface area contributed by atoms with Gasteiger partial charge in [-0.2, -0.15) is 9.47 Å². The summed E-state index contributed by atoms with van der Waals surface area (Å²) >= 11 is 1.58. The fraction of sp³-hybridized carbons (Fsp3) is 0.476. The number of amides is 1. The molecule has 8 heteroatoms. The van der Waals surface area contributed by atoms with Crippen molar-refractivity contribution in [1.29, 1.82) is 0 Å². The summed E-state index contributed by atoms with van der Waals surface area (Å²) < 4.78 is 7.81. The molecule has 2 aromatic heterocycles. The number of hydrogen-bond donors (Lipinski definition) is 0. The van der Waals surface area contributed by atoms with Gasteiger partial charge >= 0.3 is 0 Å². The van der Waals surface area contributed by atoms with Gasteiger partial charge in [-0.05, 0) is 30.6 Å². The summed E-state index contributed by atoms with van der Waals surface area (Å²) in [4.78, 5) is 19.6. The highest BCUT2D eigenvalue weighted by Gasteiger charge is 2.28. The number of anilines is 1. The van der Waals surface area contributed by atoms with Crippen molar-refractivity contribution in [2.45, 2.75) is 19.9 Å². The van der Waals surface area contributed by atoms with Crippen LogP contribution in [0.15, 0.2) is 30.5 Å². The van der Waals surface area contributed by atoms with Crippen LogP contribution in [0.1, 0.15) is 23.0 Å². The highest BCUT2D eigenvalue weighted by molar-refractivity contribution is 7.13. The van der Waals surface area contributed by atoms with E-state index in [2.05, 4.69) is 46.1 Å². The standard InChI is InChI=1S/C21H26N6OS/c1-2-27-15-17-18(22-27)7-8-26(21(17)28)14-11-24-9-12-25(13-10-24)20-16-5-3-4-6-19(16)29-23-20/h3-6,15H,2,7-14H2,1H3. The van der Waals surface area contributed by atoms with Crippen molar-refractivity contribution >= 4 is 33.3 Å². The molecule has 1 fully saturated rings. The Bertz CT molecular complexity index is 1020. The second kappa shape index (κ2) is 7.76. The molecule has 1 aromatic carbocycles. The number of hydrogen-bond acceptors (Lipinski definition) is 6. The molecule has 1 saturated heterocycles. The maximum absolute atomic E-state index is 12.8. The summed E-state index contributed by atoms with van der Waals surface area (Å²) in [6, 6.07) is 8.46. The van der Waals surface area contributed by atoms with Crippen molar-refractivity contribution in [2.75, 3.05) is 50.7 Å². The van der Waals surface area contributed by atoms with Crippen LogP contribution in [0.25, 0.3) is 10.1 Å². The van der Waals surface area contributed by atoms with Crippen molar-refractivity contribution in [3.63, 3.8) is 0 Å². The third-order valence-corrected chi connectivity index (χ3v) is 6.83. The van der Waals surface area contributed by atoms with E-state index in [0.717, 1.165) is 75.9 Å². The normalized spacial score (nSPS) is 17.9. The number of rotatable bonds is 5. The molecule has 1 amide bonds. The third-order valence-electron chi connectivity index (χ3n) is 6.01. The number of benzene rings is 1. The second-order valence-corrected chi connectivity index (χ2v) is 8.52. The fourth-order valence-electron chi connectivity index (χ4n) is 4.26. The summed E-state index contributed by atoms with van der Waals surface area (Å²) in [5.74, 6) is 1.26. The Morgan fingerprint density at radius 2 is 1.90 bits per heavy atom. The molecular formula is C21H26N6OS. The molecule has 0 spiro atoms. The van der Waals surface area contributed by atoms with E-state index in [1.165, 1.54) is 10.1 Å². The average Bonchev–Trinajstić information content (AvgIpc) is 3.38. The molecule has 0 N–H and O–H groups in total. The van der Waals surface area contributed by atoms with Gasteiger partial charge in [0.05, 0.1) is 16.0 Å². The SMILES string of the molecule is CCn1cc2c(n1)CCN(CCN1CCN(c3nsc4ccccc34)CC1)C2=O. The van der Waals surface area contributed by atoms with Crippen LogP contribution in [-0.4, -0.2) is 75.7 Å². The van der Waals surface area contributed by atoms with Gasteiger partial charge in [0.2, 0.25) is 0 Å². The Morgan fingerprint density at radius 3 is 2.72 bits per heavy atom. The maximum atomic E-state index is 12.8. The first-order chi connectivity index (χ1) is 14.2. The molecule has 0 aliphatic carbocycles. The van der Waals surface area contributed by atoms with Gasteiger partial charge < -0.3 is 9.80 Å². The van der Waals surface area contributed by atoms with E-state index in [1.54, 1.807) is 11.5 Å². The van der Waals surface area contributed by atoms with Crippen molar-refractivity contribution < 1.29 is 4.79 Å². The monoisotopic (exact) mass is 410 g/mol. The average molecular weight is 411 g/mol. The number of aryl methyl sites for hydroxylation is 1. The smallest absolute Gasteiger partial charge is 0.257 e. The number of aromatic nitrogens is 3.